The van der Waals surface area contributed by atoms with Crippen molar-refractivity contribution in [2.75, 3.05) is 18.5 Å². The van der Waals surface area contributed by atoms with Crippen LogP contribution in [0.5, 0.6) is 0 Å². The summed E-state index contributed by atoms with van der Waals surface area (Å²) in [6.07, 6.45) is 2.94. The van der Waals surface area contributed by atoms with Gasteiger partial charge in [-0.1, -0.05) is 0 Å². The minimum atomic E-state index is -2.47. The van der Waals surface area contributed by atoms with Gasteiger partial charge in [0.25, 0.3) is 6.43 Å². The minimum Gasteiger partial charge on any atom is -0.377 e. The maximum atomic E-state index is 13.0. The first-order valence-corrected chi connectivity index (χ1v) is 9.73. The average molecular weight is 415 g/mol. The van der Waals surface area contributed by atoms with Crippen molar-refractivity contribution in [3.05, 3.63) is 36.5 Å². The molecule has 0 amide bonds. The van der Waals surface area contributed by atoms with Crippen molar-refractivity contribution in [3.8, 4) is 11.1 Å². The number of pyridine rings is 1. The molecule has 8 nitrogen and oxygen atoms in total. The van der Waals surface area contributed by atoms with Gasteiger partial charge < -0.3 is 14.6 Å². The lowest BCUT2D eigenvalue weighted by molar-refractivity contribution is 0.0869. The molecule has 0 aromatic carbocycles. The first-order valence-electron chi connectivity index (χ1n) is 9.73. The summed E-state index contributed by atoms with van der Waals surface area (Å²) in [5.41, 5.74) is 3.47. The highest BCUT2D eigenvalue weighted by atomic mass is 19.3. The van der Waals surface area contributed by atoms with E-state index >= 15 is 0 Å². The predicted molar refractivity (Wildman–Crippen MR) is 110 cm³/mol. The van der Waals surface area contributed by atoms with Gasteiger partial charge >= 0.3 is 0 Å². The zero-order valence-electron chi connectivity index (χ0n) is 17.0. The van der Waals surface area contributed by atoms with Crippen molar-refractivity contribution in [1.82, 2.24) is 29.1 Å². The number of rotatable bonds is 8. The number of nitrogens with one attached hydrogen (secondary N) is 1. The van der Waals surface area contributed by atoms with E-state index in [2.05, 4.69) is 25.4 Å². The molecule has 0 aliphatic carbocycles. The summed E-state index contributed by atoms with van der Waals surface area (Å²) in [6.45, 7) is 6.42. The molecule has 4 heterocycles. The quantitative estimate of drug-likeness (QED) is 0.443. The van der Waals surface area contributed by atoms with Gasteiger partial charge in [0.05, 0.1) is 36.5 Å². The van der Waals surface area contributed by atoms with E-state index in [0.29, 0.717) is 36.1 Å². The maximum Gasteiger partial charge on any atom is 0.256 e. The smallest absolute Gasteiger partial charge is 0.256 e. The third kappa shape index (κ3) is 4.09. The highest BCUT2D eigenvalue weighted by Gasteiger charge is 2.15. The van der Waals surface area contributed by atoms with E-state index in [9.17, 15) is 8.78 Å². The van der Waals surface area contributed by atoms with Gasteiger partial charge in [-0.3, -0.25) is 0 Å². The molecule has 158 valence electrons. The summed E-state index contributed by atoms with van der Waals surface area (Å²) in [5, 5.41) is 7.59. The summed E-state index contributed by atoms with van der Waals surface area (Å²) >= 11 is 0. The van der Waals surface area contributed by atoms with E-state index in [1.54, 1.807) is 23.8 Å². The number of ether oxygens (including phenoxy) is 1. The molecular formula is C20H23F2N7O. The molecule has 0 radical (unpaired) electrons. The monoisotopic (exact) mass is 415 g/mol. The van der Waals surface area contributed by atoms with E-state index in [0.717, 1.165) is 16.6 Å². The molecule has 0 fully saturated rings. The lowest BCUT2D eigenvalue weighted by Crippen LogP contribution is -2.15. The van der Waals surface area contributed by atoms with Crippen molar-refractivity contribution in [3.63, 3.8) is 0 Å². The van der Waals surface area contributed by atoms with Crippen LogP contribution in [0.1, 0.15) is 19.7 Å². The number of aromatic nitrogens is 6. The molecule has 0 saturated carbocycles. The minimum absolute atomic E-state index is 0.175. The summed E-state index contributed by atoms with van der Waals surface area (Å²) in [4.78, 5) is 13.0. The van der Waals surface area contributed by atoms with Gasteiger partial charge in [0.15, 0.2) is 5.65 Å². The predicted octanol–water partition coefficient (Wildman–Crippen LogP) is 3.55. The average Bonchev–Trinajstić information content (AvgIpc) is 3.25. The van der Waals surface area contributed by atoms with E-state index in [1.165, 1.54) is 4.57 Å². The molecule has 0 atom stereocenters. The van der Waals surface area contributed by atoms with Crippen molar-refractivity contribution in [1.29, 1.82) is 0 Å². The van der Waals surface area contributed by atoms with Crippen LogP contribution in [0.25, 0.3) is 27.8 Å². The van der Waals surface area contributed by atoms with Crippen LogP contribution >= 0.6 is 0 Å². The van der Waals surface area contributed by atoms with Crippen LogP contribution < -0.4 is 5.32 Å². The number of aryl methyl sites for hydroxylation is 1. The standard InChI is InChI=1S/C20H23F2N7O/c1-12(2)30-7-5-23-20-25-10-17-15(4-6-29(17)27-20)14-8-16-19(24-9-14)26-13(3)28(16)11-18(21)22/h4,6,8-10,12,18H,5,7,11H2,1-3H3,(H,23,27). The third-order valence-electron chi connectivity index (χ3n) is 4.68. The topological polar surface area (TPSA) is 82.2 Å². The van der Waals surface area contributed by atoms with Crippen LogP contribution in [0, 0.1) is 6.92 Å². The summed E-state index contributed by atoms with van der Waals surface area (Å²) in [5.74, 6) is 1.01. The molecule has 0 saturated heterocycles. The largest absolute Gasteiger partial charge is 0.377 e. The molecule has 0 aliphatic heterocycles. The molecule has 1 N–H and O–H groups in total. The summed E-state index contributed by atoms with van der Waals surface area (Å²) < 4.78 is 34.7. The Labute approximate surface area is 171 Å². The number of hydrogen-bond donors (Lipinski definition) is 1. The molecule has 4 aromatic rings. The van der Waals surface area contributed by atoms with Gasteiger partial charge in [-0.15, -0.1) is 5.10 Å². The van der Waals surface area contributed by atoms with Crippen LogP contribution in [0.15, 0.2) is 30.7 Å². The van der Waals surface area contributed by atoms with E-state index in [1.807, 2.05) is 32.2 Å². The number of imidazole rings is 1. The van der Waals surface area contributed by atoms with Crippen molar-refractivity contribution >= 4 is 22.6 Å². The van der Waals surface area contributed by atoms with Gasteiger partial charge in [-0.05, 0) is 32.9 Å². The Balaban J connectivity index is 1.62. The second-order valence-electron chi connectivity index (χ2n) is 7.21. The molecule has 0 unspecified atom stereocenters. The number of alkyl halides is 2. The van der Waals surface area contributed by atoms with Crippen LogP contribution in [-0.2, 0) is 11.3 Å². The Morgan fingerprint density at radius 2 is 2.00 bits per heavy atom. The zero-order chi connectivity index (χ0) is 21.3. The number of halogens is 2. The Bertz CT molecular complexity index is 1170. The Kier molecular flexibility index (Phi) is 5.58. The van der Waals surface area contributed by atoms with Crippen LogP contribution in [0.2, 0.25) is 0 Å². The number of hydrogen-bond acceptors (Lipinski definition) is 6. The van der Waals surface area contributed by atoms with Gasteiger partial charge in [0.2, 0.25) is 5.95 Å². The molecule has 4 aromatic heterocycles. The fraction of sp³-hybridized carbons (Fsp3) is 0.400. The van der Waals surface area contributed by atoms with Gasteiger partial charge in [-0.25, -0.2) is 28.2 Å². The Hall–Kier alpha value is -3.14. The third-order valence-corrected chi connectivity index (χ3v) is 4.68. The lowest BCUT2D eigenvalue weighted by Gasteiger charge is -2.09. The number of fused-ring (bicyclic) bond motifs is 2. The molecule has 0 aliphatic rings. The molecule has 30 heavy (non-hydrogen) atoms. The second-order valence-corrected chi connectivity index (χ2v) is 7.21. The highest BCUT2D eigenvalue weighted by molar-refractivity contribution is 5.85. The molecule has 0 spiro atoms. The van der Waals surface area contributed by atoms with E-state index in [-0.39, 0.29) is 6.10 Å². The van der Waals surface area contributed by atoms with Crippen LogP contribution in [0.4, 0.5) is 14.7 Å². The molecular weight excluding hydrogens is 392 g/mol. The summed E-state index contributed by atoms with van der Waals surface area (Å²) in [6, 6.07) is 3.73. The maximum absolute atomic E-state index is 13.0. The SMILES string of the molecule is Cc1nc2ncc(-c3ccn4nc(NCCOC(C)C)ncc34)cc2n1CC(F)F. The van der Waals surface area contributed by atoms with E-state index < -0.39 is 13.0 Å². The normalized spacial score (nSPS) is 12.0. The van der Waals surface area contributed by atoms with Gasteiger partial charge in [0, 0.05) is 30.1 Å². The van der Waals surface area contributed by atoms with Gasteiger partial charge in [-0.2, -0.15) is 0 Å². The fourth-order valence-electron chi connectivity index (χ4n) is 3.32. The molecule has 10 heteroatoms. The Morgan fingerprint density at radius 3 is 2.77 bits per heavy atom. The van der Waals surface area contributed by atoms with E-state index in [4.69, 9.17) is 4.74 Å². The van der Waals surface area contributed by atoms with Crippen molar-refractivity contribution < 1.29 is 13.5 Å². The van der Waals surface area contributed by atoms with Crippen molar-refractivity contribution in [2.45, 2.75) is 39.8 Å². The molecule has 0 bridgehead atoms. The second kappa shape index (κ2) is 8.31. The fourth-order valence-corrected chi connectivity index (χ4v) is 3.32. The van der Waals surface area contributed by atoms with Crippen LogP contribution in [0.3, 0.4) is 0 Å². The Morgan fingerprint density at radius 1 is 1.17 bits per heavy atom. The first kappa shape index (κ1) is 20.1. The lowest BCUT2D eigenvalue weighted by atomic mass is 10.1. The first-order chi connectivity index (χ1) is 14.4. The van der Waals surface area contributed by atoms with Crippen LogP contribution in [-0.4, -0.2) is 54.8 Å². The molecule has 4 rings (SSSR count). The van der Waals surface area contributed by atoms with Gasteiger partial charge in [0.1, 0.15) is 5.82 Å². The van der Waals surface area contributed by atoms with Crippen molar-refractivity contribution in [2.24, 2.45) is 0 Å². The summed E-state index contributed by atoms with van der Waals surface area (Å²) in [7, 11) is 0. The highest BCUT2D eigenvalue weighted by Crippen LogP contribution is 2.28. The number of nitrogens with zero attached hydrogens (tertiary/aromatic N) is 6. The zero-order valence-corrected chi connectivity index (χ0v) is 17.0. The number of anilines is 1.